The van der Waals surface area contributed by atoms with E-state index in [0.717, 1.165) is 16.8 Å². The van der Waals surface area contributed by atoms with E-state index in [1.165, 1.54) is 12.1 Å². The first-order valence-electron chi connectivity index (χ1n) is 6.47. The van der Waals surface area contributed by atoms with Crippen molar-refractivity contribution in [2.24, 2.45) is 0 Å². The number of hydrogen-bond donors (Lipinski definition) is 1. The van der Waals surface area contributed by atoms with Crippen molar-refractivity contribution in [2.45, 2.75) is 6.18 Å². The Morgan fingerprint density at radius 3 is 2.10 bits per heavy atom. The van der Waals surface area contributed by atoms with Gasteiger partial charge in [-0.15, -0.1) is 0 Å². The summed E-state index contributed by atoms with van der Waals surface area (Å²) in [5, 5.41) is 4.77. The Bertz CT molecular complexity index is 773. The molecule has 3 aromatic rings. The molecule has 0 unspecified atom stereocenters. The highest BCUT2D eigenvalue weighted by Crippen LogP contribution is 2.36. The predicted octanol–water partition coefficient (Wildman–Crippen LogP) is 5.60. The summed E-state index contributed by atoms with van der Waals surface area (Å²) in [4.78, 5) is 0. The number of nitrogens with one attached hydrogen (secondary N) is 1. The first-order chi connectivity index (χ1) is 10.1. The fourth-order valence-corrected chi connectivity index (χ4v) is 2.32. The fourth-order valence-electron chi connectivity index (χ4n) is 2.32. The zero-order valence-electron chi connectivity index (χ0n) is 11.0. The maximum absolute atomic E-state index is 13.0. The molecule has 0 amide bonds. The van der Waals surface area contributed by atoms with E-state index in [1.54, 1.807) is 12.1 Å². The van der Waals surface area contributed by atoms with Crippen molar-refractivity contribution in [3.8, 4) is 0 Å². The summed E-state index contributed by atoms with van der Waals surface area (Å²) in [5.74, 6) is 0. The third kappa shape index (κ3) is 2.70. The van der Waals surface area contributed by atoms with Crippen LogP contribution in [0.5, 0.6) is 0 Å². The summed E-state index contributed by atoms with van der Waals surface area (Å²) in [6.45, 7) is 0. The lowest BCUT2D eigenvalue weighted by atomic mass is 10.1. The molecule has 0 fully saturated rings. The van der Waals surface area contributed by atoms with Crippen LogP contribution in [0.2, 0.25) is 0 Å². The molecule has 0 aromatic heterocycles. The Hall–Kier alpha value is -2.49. The van der Waals surface area contributed by atoms with Crippen molar-refractivity contribution in [3.63, 3.8) is 0 Å². The van der Waals surface area contributed by atoms with Gasteiger partial charge in [0.05, 0.1) is 11.3 Å². The molecule has 1 N–H and O–H groups in total. The van der Waals surface area contributed by atoms with Crippen molar-refractivity contribution in [2.75, 3.05) is 5.32 Å². The van der Waals surface area contributed by atoms with Gasteiger partial charge in [0.15, 0.2) is 0 Å². The minimum atomic E-state index is -4.38. The van der Waals surface area contributed by atoms with Gasteiger partial charge >= 0.3 is 6.18 Å². The summed E-state index contributed by atoms with van der Waals surface area (Å²) in [7, 11) is 0. The van der Waals surface area contributed by atoms with Crippen LogP contribution in [0.3, 0.4) is 0 Å². The van der Waals surface area contributed by atoms with Crippen molar-refractivity contribution < 1.29 is 13.2 Å². The molecule has 0 aliphatic heterocycles. The average Bonchev–Trinajstić information content (AvgIpc) is 2.47. The second-order valence-electron chi connectivity index (χ2n) is 4.70. The van der Waals surface area contributed by atoms with E-state index >= 15 is 0 Å². The molecule has 0 atom stereocenters. The van der Waals surface area contributed by atoms with Crippen LogP contribution in [-0.2, 0) is 6.18 Å². The molecule has 21 heavy (non-hydrogen) atoms. The maximum atomic E-state index is 13.0. The van der Waals surface area contributed by atoms with Gasteiger partial charge < -0.3 is 5.32 Å². The molecule has 106 valence electrons. The molecular formula is C17H12F3N. The number of alkyl halides is 3. The molecule has 3 rings (SSSR count). The molecule has 0 bridgehead atoms. The average molecular weight is 287 g/mol. The van der Waals surface area contributed by atoms with Crippen molar-refractivity contribution in [1.29, 1.82) is 0 Å². The summed E-state index contributed by atoms with van der Waals surface area (Å²) in [6, 6.07) is 18.6. The molecule has 3 aromatic carbocycles. The molecule has 0 radical (unpaired) electrons. The van der Waals surface area contributed by atoms with Crippen LogP contribution in [0, 0.1) is 0 Å². The SMILES string of the molecule is FC(F)(F)c1ccccc1Nc1cccc2ccccc12. The number of anilines is 2. The molecule has 0 aliphatic carbocycles. The van der Waals surface area contributed by atoms with E-state index in [9.17, 15) is 13.2 Å². The molecule has 0 spiro atoms. The van der Waals surface area contributed by atoms with Crippen molar-refractivity contribution in [1.82, 2.24) is 0 Å². The molecule has 1 nitrogen and oxygen atoms in total. The monoisotopic (exact) mass is 287 g/mol. The third-order valence-electron chi connectivity index (χ3n) is 3.29. The second-order valence-corrected chi connectivity index (χ2v) is 4.70. The fraction of sp³-hybridized carbons (Fsp3) is 0.0588. The van der Waals surface area contributed by atoms with Crippen LogP contribution < -0.4 is 5.32 Å². The van der Waals surface area contributed by atoms with Gasteiger partial charge in [-0.05, 0) is 23.6 Å². The highest BCUT2D eigenvalue weighted by atomic mass is 19.4. The zero-order valence-corrected chi connectivity index (χ0v) is 11.0. The lowest BCUT2D eigenvalue weighted by Crippen LogP contribution is -2.08. The van der Waals surface area contributed by atoms with Crippen LogP contribution in [0.25, 0.3) is 10.8 Å². The van der Waals surface area contributed by atoms with Gasteiger partial charge in [0, 0.05) is 11.1 Å². The smallest absolute Gasteiger partial charge is 0.355 e. The number of para-hydroxylation sites is 1. The van der Waals surface area contributed by atoms with E-state index in [4.69, 9.17) is 0 Å². The van der Waals surface area contributed by atoms with Gasteiger partial charge in [-0.25, -0.2) is 0 Å². The lowest BCUT2D eigenvalue weighted by Gasteiger charge is -2.15. The zero-order chi connectivity index (χ0) is 14.9. The number of benzene rings is 3. The van der Waals surface area contributed by atoms with Gasteiger partial charge in [0.1, 0.15) is 0 Å². The summed E-state index contributed by atoms with van der Waals surface area (Å²) >= 11 is 0. The third-order valence-corrected chi connectivity index (χ3v) is 3.29. The van der Waals surface area contributed by atoms with Gasteiger partial charge in [-0.3, -0.25) is 0 Å². The van der Waals surface area contributed by atoms with Crippen LogP contribution in [0.4, 0.5) is 24.5 Å². The van der Waals surface area contributed by atoms with Crippen LogP contribution in [0.15, 0.2) is 66.7 Å². The van der Waals surface area contributed by atoms with E-state index in [0.29, 0.717) is 5.69 Å². The molecule has 0 saturated heterocycles. The Balaban J connectivity index is 2.08. The second kappa shape index (κ2) is 5.13. The van der Waals surface area contributed by atoms with Gasteiger partial charge in [0.25, 0.3) is 0 Å². The number of fused-ring (bicyclic) bond motifs is 1. The highest BCUT2D eigenvalue weighted by Gasteiger charge is 2.33. The normalized spacial score (nSPS) is 11.6. The Morgan fingerprint density at radius 1 is 0.667 bits per heavy atom. The van der Waals surface area contributed by atoms with E-state index in [-0.39, 0.29) is 5.69 Å². The predicted molar refractivity (Wildman–Crippen MR) is 78.7 cm³/mol. The van der Waals surface area contributed by atoms with E-state index in [2.05, 4.69) is 5.32 Å². The summed E-state index contributed by atoms with van der Waals surface area (Å²) in [5.41, 5.74) is 0.0455. The topological polar surface area (TPSA) is 12.0 Å². The standard InChI is InChI=1S/C17H12F3N/c18-17(19,20)14-9-3-4-10-16(14)21-15-11-5-7-12-6-1-2-8-13(12)15/h1-11,21H. The van der Waals surface area contributed by atoms with Crippen LogP contribution >= 0.6 is 0 Å². The minimum Gasteiger partial charge on any atom is -0.355 e. The lowest BCUT2D eigenvalue weighted by molar-refractivity contribution is -0.136. The van der Waals surface area contributed by atoms with Crippen molar-refractivity contribution >= 4 is 22.1 Å². The van der Waals surface area contributed by atoms with E-state index in [1.807, 2.05) is 36.4 Å². The van der Waals surface area contributed by atoms with Crippen LogP contribution in [-0.4, -0.2) is 0 Å². The molecule has 0 heterocycles. The molecular weight excluding hydrogens is 275 g/mol. The first-order valence-corrected chi connectivity index (χ1v) is 6.47. The Morgan fingerprint density at radius 2 is 1.29 bits per heavy atom. The number of rotatable bonds is 2. The quantitative estimate of drug-likeness (QED) is 0.646. The van der Waals surface area contributed by atoms with Gasteiger partial charge in [-0.1, -0.05) is 48.5 Å². The Labute approximate surface area is 120 Å². The van der Waals surface area contributed by atoms with Gasteiger partial charge in [0.2, 0.25) is 0 Å². The largest absolute Gasteiger partial charge is 0.418 e. The van der Waals surface area contributed by atoms with Crippen molar-refractivity contribution in [3.05, 3.63) is 72.3 Å². The molecule has 0 aliphatic rings. The summed E-state index contributed by atoms with van der Waals surface area (Å²) in [6.07, 6.45) is -4.38. The van der Waals surface area contributed by atoms with Gasteiger partial charge in [-0.2, -0.15) is 13.2 Å². The summed E-state index contributed by atoms with van der Waals surface area (Å²) < 4.78 is 39.1. The van der Waals surface area contributed by atoms with Crippen LogP contribution in [0.1, 0.15) is 5.56 Å². The highest BCUT2D eigenvalue weighted by molar-refractivity contribution is 5.95. The Kier molecular flexibility index (Phi) is 3.29. The number of hydrogen-bond acceptors (Lipinski definition) is 1. The minimum absolute atomic E-state index is 0.0568. The first kappa shape index (κ1) is 13.5. The maximum Gasteiger partial charge on any atom is 0.418 e. The molecule has 4 heteroatoms. The molecule has 0 saturated carbocycles. The van der Waals surface area contributed by atoms with E-state index < -0.39 is 11.7 Å². The number of halogens is 3.